The highest BCUT2D eigenvalue weighted by molar-refractivity contribution is 6.34. The van der Waals surface area contributed by atoms with Gasteiger partial charge in [0.15, 0.2) is 11.5 Å². The Morgan fingerprint density at radius 1 is 1.32 bits per heavy atom. The highest BCUT2D eigenvalue weighted by atomic mass is 35.5. The van der Waals surface area contributed by atoms with Crippen molar-refractivity contribution in [2.24, 2.45) is 5.10 Å². The van der Waals surface area contributed by atoms with Crippen LogP contribution in [0.4, 0.5) is 5.69 Å². The molecule has 0 aliphatic carbocycles. The van der Waals surface area contributed by atoms with Crippen molar-refractivity contribution in [3.8, 4) is 11.5 Å². The number of hydrogen-bond acceptors (Lipinski definition) is 5. The van der Waals surface area contributed by atoms with Crippen LogP contribution in [0, 0.1) is 0 Å². The Labute approximate surface area is 131 Å². The van der Waals surface area contributed by atoms with Crippen LogP contribution in [0.15, 0.2) is 41.5 Å². The zero-order valence-corrected chi connectivity index (χ0v) is 12.3. The number of methoxy groups -OCH3 is 1. The maximum absolute atomic E-state index is 11.1. The number of nitrogens with zero attached hydrogens (tertiary/aromatic N) is 1. The molecule has 0 saturated carbocycles. The summed E-state index contributed by atoms with van der Waals surface area (Å²) in [7, 11) is 1.42. The van der Waals surface area contributed by atoms with Gasteiger partial charge in [0.1, 0.15) is 0 Å². The van der Waals surface area contributed by atoms with Gasteiger partial charge in [-0.2, -0.15) is 5.10 Å². The molecule has 0 fully saturated rings. The van der Waals surface area contributed by atoms with Gasteiger partial charge >= 0.3 is 5.97 Å². The van der Waals surface area contributed by atoms with Crippen LogP contribution in [0.2, 0.25) is 5.02 Å². The van der Waals surface area contributed by atoms with E-state index in [-0.39, 0.29) is 22.1 Å². The molecule has 2 rings (SSSR count). The number of hydrazone groups is 1. The van der Waals surface area contributed by atoms with Crippen LogP contribution in [0.3, 0.4) is 0 Å². The topological polar surface area (TPSA) is 91.2 Å². The van der Waals surface area contributed by atoms with E-state index in [0.29, 0.717) is 11.3 Å². The molecule has 0 radical (unpaired) electrons. The average Bonchev–Trinajstić information content (AvgIpc) is 2.52. The quantitative estimate of drug-likeness (QED) is 0.581. The second-order valence-electron chi connectivity index (χ2n) is 4.24. The van der Waals surface area contributed by atoms with E-state index in [9.17, 15) is 9.90 Å². The molecule has 22 heavy (non-hydrogen) atoms. The summed E-state index contributed by atoms with van der Waals surface area (Å²) in [5, 5.41) is 22.9. The molecule has 3 N–H and O–H groups in total. The Morgan fingerprint density at radius 3 is 2.73 bits per heavy atom. The van der Waals surface area contributed by atoms with Crippen molar-refractivity contribution in [2.45, 2.75) is 0 Å². The third-order valence-electron chi connectivity index (χ3n) is 2.88. The summed E-state index contributed by atoms with van der Waals surface area (Å²) >= 11 is 6.00. The van der Waals surface area contributed by atoms with Crippen LogP contribution >= 0.6 is 11.6 Å². The number of phenols is 1. The molecule has 0 heterocycles. The molecule has 0 saturated heterocycles. The van der Waals surface area contributed by atoms with E-state index in [2.05, 4.69) is 10.5 Å². The number of para-hydroxylation sites is 1. The van der Waals surface area contributed by atoms with Crippen LogP contribution in [0.1, 0.15) is 15.9 Å². The lowest BCUT2D eigenvalue weighted by Crippen LogP contribution is -2.02. The fraction of sp³-hybridized carbons (Fsp3) is 0.0667. The van der Waals surface area contributed by atoms with E-state index < -0.39 is 5.97 Å². The molecular weight excluding hydrogens is 308 g/mol. The summed E-state index contributed by atoms with van der Waals surface area (Å²) < 4.78 is 4.94. The number of halogens is 1. The number of nitrogens with one attached hydrogen (secondary N) is 1. The summed E-state index contributed by atoms with van der Waals surface area (Å²) in [4.78, 5) is 11.1. The zero-order chi connectivity index (χ0) is 16.1. The highest BCUT2D eigenvalue weighted by Crippen LogP contribution is 2.35. The fourth-order valence-corrected chi connectivity index (χ4v) is 1.97. The van der Waals surface area contributed by atoms with Crippen LogP contribution in [-0.4, -0.2) is 29.5 Å². The summed E-state index contributed by atoms with van der Waals surface area (Å²) in [5.74, 6) is -0.983. The highest BCUT2D eigenvalue weighted by Gasteiger charge is 2.10. The molecule has 114 valence electrons. The normalized spacial score (nSPS) is 10.6. The van der Waals surface area contributed by atoms with Gasteiger partial charge in [-0.05, 0) is 24.3 Å². The molecule has 6 nitrogen and oxygen atoms in total. The minimum absolute atomic E-state index is 0.0939. The molecule has 2 aromatic rings. The van der Waals surface area contributed by atoms with Crippen molar-refractivity contribution in [3.63, 3.8) is 0 Å². The van der Waals surface area contributed by atoms with E-state index in [4.69, 9.17) is 21.4 Å². The number of carbonyl (C=O) groups is 1. The molecule has 2 aromatic carbocycles. The molecule has 0 amide bonds. The number of rotatable bonds is 5. The first-order valence-corrected chi connectivity index (χ1v) is 6.59. The molecule has 0 aliphatic heterocycles. The number of hydrogen-bond donors (Lipinski definition) is 3. The lowest BCUT2D eigenvalue weighted by Gasteiger charge is -2.07. The van der Waals surface area contributed by atoms with Crippen LogP contribution in [-0.2, 0) is 0 Å². The second kappa shape index (κ2) is 6.82. The summed E-state index contributed by atoms with van der Waals surface area (Å²) in [6, 6.07) is 9.54. The van der Waals surface area contributed by atoms with E-state index in [1.165, 1.54) is 19.4 Å². The van der Waals surface area contributed by atoms with Crippen molar-refractivity contribution in [3.05, 3.63) is 52.5 Å². The van der Waals surface area contributed by atoms with Crippen molar-refractivity contribution in [1.82, 2.24) is 0 Å². The Balaban J connectivity index is 2.21. The van der Waals surface area contributed by atoms with E-state index in [0.717, 1.165) is 0 Å². The van der Waals surface area contributed by atoms with Gasteiger partial charge in [0.25, 0.3) is 0 Å². The molecule has 7 heteroatoms. The molecule has 0 unspecified atom stereocenters. The van der Waals surface area contributed by atoms with Crippen molar-refractivity contribution in [2.75, 3.05) is 12.5 Å². The molecule has 0 atom stereocenters. The number of aromatic hydroxyl groups is 1. The number of aromatic carboxylic acids is 1. The molecular formula is C15H13ClN2O4. The first kappa shape index (κ1) is 15.7. The summed E-state index contributed by atoms with van der Waals surface area (Å²) in [6.07, 6.45) is 1.38. The molecule has 0 aromatic heterocycles. The first-order valence-electron chi connectivity index (χ1n) is 6.21. The van der Waals surface area contributed by atoms with E-state index >= 15 is 0 Å². The maximum atomic E-state index is 11.1. The number of anilines is 1. The number of phenolic OH excluding ortho intramolecular Hbond substituents is 1. The minimum atomic E-state index is -1.06. The second-order valence-corrected chi connectivity index (χ2v) is 4.62. The lowest BCUT2D eigenvalue weighted by atomic mass is 10.2. The van der Waals surface area contributed by atoms with Gasteiger partial charge in [0.2, 0.25) is 0 Å². The summed E-state index contributed by atoms with van der Waals surface area (Å²) in [5.41, 5.74) is 3.54. The smallest absolute Gasteiger partial charge is 0.337 e. The summed E-state index contributed by atoms with van der Waals surface area (Å²) in [6.45, 7) is 0. The van der Waals surface area contributed by atoms with Gasteiger partial charge in [-0.1, -0.05) is 23.7 Å². The van der Waals surface area contributed by atoms with Gasteiger partial charge in [0, 0.05) is 5.56 Å². The lowest BCUT2D eigenvalue weighted by molar-refractivity contribution is 0.0698. The molecule has 0 bridgehead atoms. The molecule has 0 aliphatic rings. The number of benzene rings is 2. The Morgan fingerprint density at radius 2 is 2.05 bits per heavy atom. The Kier molecular flexibility index (Phi) is 4.85. The Hall–Kier alpha value is -2.73. The van der Waals surface area contributed by atoms with Gasteiger partial charge in [-0.25, -0.2) is 4.79 Å². The van der Waals surface area contributed by atoms with Crippen molar-refractivity contribution < 1.29 is 19.7 Å². The van der Waals surface area contributed by atoms with Crippen LogP contribution in [0.25, 0.3) is 0 Å². The predicted molar refractivity (Wildman–Crippen MR) is 84.3 cm³/mol. The average molecular weight is 321 g/mol. The number of carboxylic acids is 1. The first-order chi connectivity index (χ1) is 10.5. The van der Waals surface area contributed by atoms with Crippen LogP contribution in [0.5, 0.6) is 11.5 Å². The maximum Gasteiger partial charge on any atom is 0.337 e. The number of ether oxygens (including phenoxy) is 1. The van der Waals surface area contributed by atoms with Crippen LogP contribution < -0.4 is 10.2 Å². The monoisotopic (exact) mass is 320 g/mol. The van der Waals surface area contributed by atoms with Gasteiger partial charge in [-0.3, -0.25) is 5.43 Å². The Bertz CT molecular complexity index is 731. The van der Waals surface area contributed by atoms with Crippen molar-refractivity contribution in [1.29, 1.82) is 0 Å². The largest absolute Gasteiger partial charge is 0.503 e. The zero-order valence-electron chi connectivity index (χ0n) is 11.6. The van der Waals surface area contributed by atoms with Gasteiger partial charge in [0.05, 0.1) is 29.6 Å². The van der Waals surface area contributed by atoms with Crippen molar-refractivity contribution >= 4 is 29.5 Å². The number of carboxylic acid groups (broad SMARTS) is 1. The predicted octanol–water partition coefficient (Wildman–Crippen LogP) is 3.20. The van der Waals surface area contributed by atoms with Gasteiger partial charge in [-0.15, -0.1) is 0 Å². The minimum Gasteiger partial charge on any atom is -0.503 e. The third kappa shape index (κ3) is 3.29. The third-order valence-corrected chi connectivity index (χ3v) is 3.27. The molecule has 0 spiro atoms. The fourth-order valence-electron chi connectivity index (χ4n) is 1.77. The van der Waals surface area contributed by atoms with E-state index in [1.807, 2.05) is 0 Å². The van der Waals surface area contributed by atoms with Gasteiger partial charge < -0.3 is 14.9 Å². The van der Waals surface area contributed by atoms with E-state index in [1.54, 1.807) is 30.3 Å². The SMILES string of the molecule is COc1ccc(C=NNc2ccccc2C(=O)O)c(Cl)c1O. The standard InChI is InChI=1S/C15H13ClN2O4/c1-22-12-7-6-9(13(16)14(12)19)8-17-18-11-5-3-2-4-10(11)15(20)21/h2-8,18-19H,1H3,(H,20,21).